The van der Waals surface area contributed by atoms with Crippen LogP contribution >= 0.6 is 15.9 Å². The van der Waals surface area contributed by atoms with Crippen molar-refractivity contribution >= 4 is 22.0 Å². The minimum Gasteiger partial charge on any atom is -0.496 e. The molecule has 2 rings (SSSR count). The lowest BCUT2D eigenvalue weighted by Crippen LogP contribution is -2.43. The number of carbonyl (C=O) groups is 1. The number of rotatable bonds is 6. The van der Waals surface area contributed by atoms with Crippen LogP contribution in [-0.2, 0) is 6.54 Å². The molecule has 0 saturated heterocycles. The Morgan fingerprint density at radius 3 is 2.54 bits per heavy atom. The third-order valence-corrected chi connectivity index (χ3v) is 4.20. The van der Waals surface area contributed by atoms with E-state index in [0.29, 0.717) is 6.54 Å². The van der Waals surface area contributed by atoms with E-state index in [-0.39, 0.29) is 6.03 Å². The molecule has 0 aromatic heterocycles. The van der Waals surface area contributed by atoms with Gasteiger partial charge in [0.2, 0.25) is 0 Å². The lowest BCUT2D eigenvalue weighted by atomic mass is 10.0. The predicted octanol–water partition coefficient (Wildman–Crippen LogP) is 3.38. The zero-order valence-electron chi connectivity index (χ0n) is 13.6. The Balaban J connectivity index is 1.88. The van der Waals surface area contributed by atoms with Gasteiger partial charge in [-0.05, 0) is 30.7 Å². The van der Waals surface area contributed by atoms with Crippen LogP contribution in [0.1, 0.15) is 24.2 Å². The summed E-state index contributed by atoms with van der Waals surface area (Å²) < 4.78 is 6.19. The van der Waals surface area contributed by atoms with Crippen molar-refractivity contribution in [1.82, 2.24) is 10.6 Å². The predicted molar refractivity (Wildman–Crippen MR) is 96.9 cm³/mol. The van der Waals surface area contributed by atoms with E-state index in [4.69, 9.17) is 4.74 Å². The number of nitrogens with one attached hydrogen (secondary N) is 2. The van der Waals surface area contributed by atoms with Crippen molar-refractivity contribution < 1.29 is 14.6 Å². The smallest absolute Gasteiger partial charge is 0.315 e. The van der Waals surface area contributed by atoms with Crippen molar-refractivity contribution in [2.45, 2.75) is 25.6 Å². The van der Waals surface area contributed by atoms with Crippen molar-refractivity contribution in [3.8, 4) is 5.75 Å². The molecular weight excluding hydrogens is 372 g/mol. The van der Waals surface area contributed by atoms with Crippen LogP contribution in [-0.4, -0.2) is 24.3 Å². The average Bonchev–Trinajstić information content (AvgIpc) is 2.60. The van der Waals surface area contributed by atoms with Gasteiger partial charge in [0, 0.05) is 16.6 Å². The van der Waals surface area contributed by atoms with Crippen LogP contribution in [0.4, 0.5) is 4.79 Å². The van der Waals surface area contributed by atoms with Gasteiger partial charge in [-0.2, -0.15) is 0 Å². The van der Waals surface area contributed by atoms with E-state index in [0.717, 1.165) is 21.3 Å². The van der Waals surface area contributed by atoms with Gasteiger partial charge in [-0.25, -0.2) is 4.79 Å². The van der Waals surface area contributed by atoms with Crippen LogP contribution in [0.3, 0.4) is 0 Å². The molecule has 2 amide bonds. The van der Waals surface area contributed by atoms with Gasteiger partial charge in [0.25, 0.3) is 0 Å². The summed E-state index contributed by atoms with van der Waals surface area (Å²) in [6, 6.07) is 14.1. The summed E-state index contributed by atoms with van der Waals surface area (Å²) in [5.74, 6) is 0.723. The zero-order chi connectivity index (χ0) is 17.5. The first-order chi connectivity index (χ1) is 11.5. The molecule has 0 spiro atoms. The van der Waals surface area contributed by atoms with Gasteiger partial charge in [0.05, 0.1) is 19.3 Å². The van der Waals surface area contributed by atoms with Gasteiger partial charge in [0.15, 0.2) is 0 Å². The summed E-state index contributed by atoms with van der Waals surface area (Å²) in [5.41, 5.74) is 1.63. The Morgan fingerprint density at radius 2 is 1.88 bits per heavy atom. The van der Waals surface area contributed by atoms with Gasteiger partial charge >= 0.3 is 6.03 Å². The molecule has 0 unspecified atom stereocenters. The van der Waals surface area contributed by atoms with Crippen LogP contribution < -0.4 is 15.4 Å². The van der Waals surface area contributed by atoms with Crippen LogP contribution in [0.5, 0.6) is 5.75 Å². The molecule has 3 N–H and O–H groups in total. The number of aliphatic hydroxyl groups excluding tert-OH is 1. The summed E-state index contributed by atoms with van der Waals surface area (Å²) >= 11 is 3.35. The number of ether oxygens (including phenoxy) is 1. The Labute approximate surface area is 150 Å². The Kier molecular flexibility index (Phi) is 6.63. The molecule has 2 atom stereocenters. The largest absolute Gasteiger partial charge is 0.496 e. The first-order valence-corrected chi connectivity index (χ1v) is 8.40. The topological polar surface area (TPSA) is 70.6 Å². The summed E-state index contributed by atoms with van der Waals surface area (Å²) in [6.07, 6.45) is -0.782. The van der Waals surface area contributed by atoms with Crippen LogP contribution in [0.25, 0.3) is 0 Å². The third kappa shape index (κ3) is 4.97. The molecule has 2 aromatic carbocycles. The van der Waals surface area contributed by atoms with Crippen molar-refractivity contribution in [1.29, 1.82) is 0 Å². The molecule has 0 aliphatic carbocycles. The maximum absolute atomic E-state index is 12.0. The fourth-order valence-electron chi connectivity index (χ4n) is 2.31. The summed E-state index contributed by atoms with van der Waals surface area (Å²) in [4.78, 5) is 12.0. The van der Waals surface area contributed by atoms with Gasteiger partial charge in [-0.3, -0.25) is 0 Å². The van der Waals surface area contributed by atoms with E-state index in [1.807, 2.05) is 48.5 Å². The van der Waals surface area contributed by atoms with Crippen LogP contribution in [0.15, 0.2) is 53.0 Å². The van der Waals surface area contributed by atoms with Gasteiger partial charge in [-0.1, -0.05) is 46.3 Å². The van der Waals surface area contributed by atoms with Crippen molar-refractivity contribution in [2.75, 3.05) is 7.11 Å². The van der Waals surface area contributed by atoms with E-state index >= 15 is 0 Å². The first kappa shape index (κ1) is 18.3. The van der Waals surface area contributed by atoms with E-state index in [1.165, 1.54) is 0 Å². The molecule has 0 heterocycles. The lowest BCUT2D eigenvalue weighted by molar-refractivity contribution is 0.137. The molecule has 0 bridgehead atoms. The monoisotopic (exact) mass is 392 g/mol. The molecule has 24 heavy (non-hydrogen) atoms. The standard InChI is InChI=1S/C18H21BrN2O3/c1-12(17(22)13-7-9-15(19)10-8-13)21-18(23)20-11-14-5-3-4-6-16(14)24-2/h3-10,12,17,22H,11H2,1-2H3,(H2,20,21,23)/t12-,17-/m1/s1. The molecule has 0 aliphatic heterocycles. The molecule has 6 heteroatoms. The highest BCUT2D eigenvalue weighted by Gasteiger charge is 2.18. The van der Waals surface area contributed by atoms with Gasteiger partial charge < -0.3 is 20.5 Å². The second-order valence-corrected chi connectivity index (χ2v) is 6.34. The number of hydrogen-bond donors (Lipinski definition) is 3. The van der Waals surface area contributed by atoms with Gasteiger partial charge in [0.1, 0.15) is 5.75 Å². The summed E-state index contributed by atoms with van der Waals surface area (Å²) in [6.45, 7) is 2.10. The summed E-state index contributed by atoms with van der Waals surface area (Å²) in [7, 11) is 1.59. The van der Waals surface area contributed by atoms with Crippen LogP contribution in [0.2, 0.25) is 0 Å². The molecular formula is C18H21BrN2O3. The maximum atomic E-state index is 12.0. The lowest BCUT2D eigenvalue weighted by Gasteiger charge is -2.21. The van der Waals surface area contributed by atoms with Crippen molar-refractivity contribution in [2.24, 2.45) is 0 Å². The Morgan fingerprint density at radius 1 is 1.21 bits per heavy atom. The first-order valence-electron chi connectivity index (χ1n) is 7.61. The van der Waals surface area contributed by atoms with E-state index in [2.05, 4.69) is 26.6 Å². The molecule has 5 nitrogen and oxygen atoms in total. The minimum atomic E-state index is -0.782. The molecule has 0 aliphatic rings. The number of urea groups is 1. The number of benzene rings is 2. The number of methoxy groups -OCH3 is 1. The fourth-order valence-corrected chi connectivity index (χ4v) is 2.57. The third-order valence-electron chi connectivity index (χ3n) is 3.68. The fraction of sp³-hybridized carbons (Fsp3) is 0.278. The molecule has 2 aromatic rings. The normalized spacial score (nSPS) is 13.0. The summed E-state index contributed by atoms with van der Waals surface area (Å²) in [5, 5.41) is 15.8. The molecule has 0 fully saturated rings. The number of amides is 2. The number of halogens is 1. The second-order valence-electron chi connectivity index (χ2n) is 5.42. The van der Waals surface area contributed by atoms with E-state index in [9.17, 15) is 9.90 Å². The van der Waals surface area contributed by atoms with E-state index < -0.39 is 12.1 Å². The van der Waals surface area contributed by atoms with Crippen molar-refractivity contribution in [3.05, 3.63) is 64.1 Å². The number of para-hydroxylation sites is 1. The van der Waals surface area contributed by atoms with Crippen molar-refractivity contribution in [3.63, 3.8) is 0 Å². The Bertz CT molecular complexity index is 676. The molecule has 0 radical (unpaired) electrons. The Hall–Kier alpha value is -2.05. The van der Waals surface area contributed by atoms with Gasteiger partial charge in [-0.15, -0.1) is 0 Å². The quantitative estimate of drug-likeness (QED) is 0.705. The SMILES string of the molecule is COc1ccccc1CNC(=O)N[C@H](C)[C@@H](O)c1ccc(Br)cc1. The minimum absolute atomic E-state index is 0.343. The molecule has 128 valence electrons. The number of hydrogen-bond acceptors (Lipinski definition) is 3. The highest BCUT2D eigenvalue weighted by molar-refractivity contribution is 9.10. The number of carbonyl (C=O) groups excluding carboxylic acids is 1. The van der Waals surface area contributed by atoms with Crippen LogP contribution in [0, 0.1) is 0 Å². The number of aliphatic hydroxyl groups is 1. The zero-order valence-corrected chi connectivity index (χ0v) is 15.2. The average molecular weight is 393 g/mol. The maximum Gasteiger partial charge on any atom is 0.315 e. The molecule has 0 saturated carbocycles. The second kappa shape index (κ2) is 8.70. The highest BCUT2D eigenvalue weighted by atomic mass is 79.9. The highest BCUT2D eigenvalue weighted by Crippen LogP contribution is 2.20. The van der Waals surface area contributed by atoms with E-state index in [1.54, 1.807) is 14.0 Å².